The van der Waals surface area contributed by atoms with Crippen molar-refractivity contribution in [1.29, 1.82) is 0 Å². The van der Waals surface area contributed by atoms with Gasteiger partial charge in [-0.2, -0.15) is 31.4 Å². The molecule has 2 heterocycles. The predicted octanol–water partition coefficient (Wildman–Crippen LogP) is 4.86. The molecular weight excluding hydrogens is 445 g/mol. The molecule has 1 aliphatic heterocycles. The van der Waals surface area contributed by atoms with Gasteiger partial charge in [0.1, 0.15) is 12.4 Å². The van der Waals surface area contributed by atoms with Crippen LogP contribution in [0.3, 0.4) is 0 Å². The van der Waals surface area contributed by atoms with Gasteiger partial charge in [-0.15, -0.1) is 0 Å². The lowest BCUT2D eigenvalue weighted by Crippen LogP contribution is -2.34. The van der Waals surface area contributed by atoms with Crippen LogP contribution in [0.15, 0.2) is 23.3 Å². The van der Waals surface area contributed by atoms with E-state index in [9.17, 15) is 35.5 Å². The van der Waals surface area contributed by atoms with Gasteiger partial charge in [0.2, 0.25) is 0 Å². The number of rotatable bonds is 4. The molecule has 0 fully saturated rings. The first-order valence-corrected chi connectivity index (χ1v) is 9.40. The Morgan fingerprint density at radius 2 is 1.88 bits per heavy atom. The lowest BCUT2D eigenvalue weighted by molar-refractivity contribution is -0.140. The summed E-state index contributed by atoms with van der Waals surface area (Å²) in [4.78, 5) is 15.3. The Labute approximate surface area is 178 Å². The molecule has 0 bridgehead atoms. The lowest BCUT2D eigenvalue weighted by atomic mass is 9.98. The van der Waals surface area contributed by atoms with Gasteiger partial charge in [-0.05, 0) is 31.5 Å². The highest BCUT2D eigenvalue weighted by Crippen LogP contribution is 2.36. The zero-order valence-corrected chi connectivity index (χ0v) is 17.2. The average Bonchev–Trinajstić information content (AvgIpc) is 3.17. The number of halogens is 7. The Kier molecular flexibility index (Phi) is 6.00. The molecule has 1 aromatic heterocycles. The number of H-pyrrole nitrogens is 1. The number of hydrogen-bond donors (Lipinski definition) is 2. The molecule has 1 aliphatic rings. The molecule has 2 N–H and O–H groups in total. The number of aromatic amines is 1. The lowest BCUT2D eigenvalue weighted by Gasteiger charge is -2.18. The summed E-state index contributed by atoms with van der Waals surface area (Å²) in [5.74, 6) is -2.30. The number of hydrazone groups is 1. The van der Waals surface area contributed by atoms with Crippen LogP contribution in [0.25, 0.3) is 0 Å². The molecule has 1 aromatic carbocycles. The summed E-state index contributed by atoms with van der Waals surface area (Å²) in [5, 5.41) is 7.61. The van der Waals surface area contributed by atoms with E-state index < -0.39 is 42.2 Å². The molecule has 12 heteroatoms. The molecular formula is C20H19F7N4O. The zero-order valence-electron chi connectivity index (χ0n) is 17.2. The van der Waals surface area contributed by atoms with E-state index in [0.717, 1.165) is 12.1 Å². The Bertz CT molecular complexity index is 1070. The van der Waals surface area contributed by atoms with E-state index in [2.05, 4.69) is 10.1 Å². The van der Waals surface area contributed by atoms with Crippen LogP contribution in [0.1, 0.15) is 50.9 Å². The van der Waals surface area contributed by atoms with E-state index in [1.165, 1.54) is 5.01 Å². The third-order valence-electron chi connectivity index (χ3n) is 5.21. The van der Waals surface area contributed by atoms with Gasteiger partial charge in [0.15, 0.2) is 0 Å². The topological polar surface area (TPSA) is 60.5 Å². The van der Waals surface area contributed by atoms with Crippen molar-refractivity contribution < 1.29 is 35.5 Å². The smallest absolute Gasteiger partial charge is 0.360 e. The Morgan fingerprint density at radius 3 is 2.44 bits per heavy atom. The minimum absolute atomic E-state index is 0.0756. The van der Waals surface area contributed by atoms with Crippen LogP contribution in [-0.4, -0.2) is 41.4 Å². The third kappa shape index (κ3) is 4.73. The summed E-state index contributed by atoms with van der Waals surface area (Å²) in [7, 11) is 1.59. The average molecular weight is 464 g/mol. The molecule has 2 aromatic rings. The molecule has 0 saturated heterocycles. The van der Waals surface area contributed by atoms with E-state index in [1.807, 2.05) is 5.32 Å². The number of carbonyl (C=O) groups is 1. The standard InChI is InChI=1S/C20H19F7N4O/c1-9-16(18(32)28-8-19(22,23)24)10(2)29-17(9)15-7-14(30-31(15)3)11-4-5-12(13(21)6-11)20(25,26)27/h4-6,15,29H,7-8H2,1-3H3,(H,28,32). The van der Waals surface area contributed by atoms with E-state index in [1.54, 1.807) is 20.9 Å². The number of aromatic nitrogens is 1. The zero-order chi connectivity index (χ0) is 24.0. The van der Waals surface area contributed by atoms with Crippen molar-refractivity contribution in [3.63, 3.8) is 0 Å². The summed E-state index contributed by atoms with van der Waals surface area (Å²) in [6, 6.07) is 2.07. The number of benzene rings is 1. The summed E-state index contributed by atoms with van der Waals surface area (Å²) in [6.07, 6.45) is -9.19. The van der Waals surface area contributed by atoms with Crippen LogP contribution in [0.5, 0.6) is 0 Å². The molecule has 1 unspecified atom stereocenters. The number of aryl methyl sites for hydroxylation is 1. The van der Waals surface area contributed by atoms with Crippen molar-refractivity contribution in [3.05, 3.63) is 57.7 Å². The van der Waals surface area contributed by atoms with Crippen LogP contribution < -0.4 is 5.32 Å². The molecule has 1 amide bonds. The van der Waals surface area contributed by atoms with Gasteiger partial charge in [-0.1, -0.05) is 6.07 Å². The molecule has 0 radical (unpaired) electrons. The van der Waals surface area contributed by atoms with E-state index in [-0.39, 0.29) is 17.5 Å². The maximum absolute atomic E-state index is 14.0. The summed E-state index contributed by atoms with van der Waals surface area (Å²) >= 11 is 0. The number of nitrogens with zero attached hydrogens (tertiary/aromatic N) is 2. The van der Waals surface area contributed by atoms with Crippen LogP contribution in [0.4, 0.5) is 30.7 Å². The van der Waals surface area contributed by atoms with Gasteiger partial charge in [0, 0.05) is 30.4 Å². The van der Waals surface area contributed by atoms with E-state index in [0.29, 0.717) is 28.7 Å². The monoisotopic (exact) mass is 464 g/mol. The highest BCUT2D eigenvalue weighted by Gasteiger charge is 2.36. The third-order valence-corrected chi connectivity index (χ3v) is 5.21. The maximum atomic E-state index is 14.0. The molecule has 0 saturated carbocycles. The van der Waals surface area contributed by atoms with Crippen molar-refractivity contribution in [3.8, 4) is 0 Å². The fourth-order valence-electron chi connectivity index (χ4n) is 3.72. The number of hydrogen-bond acceptors (Lipinski definition) is 3. The van der Waals surface area contributed by atoms with Crippen LogP contribution in [-0.2, 0) is 6.18 Å². The van der Waals surface area contributed by atoms with E-state index >= 15 is 0 Å². The van der Waals surface area contributed by atoms with Crippen molar-refractivity contribution in [2.75, 3.05) is 13.6 Å². The van der Waals surface area contributed by atoms with Crippen molar-refractivity contribution >= 4 is 11.6 Å². The van der Waals surface area contributed by atoms with Crippen LogP contribution in [0, 0.1) is 19.7 Å². The second-order valence-corrected chi connectivity index (χ2v) is 7.49. The summed E-state index contributed by atoms with van der Waals surface area (Å²) < 4.78 is 89.6. The minimum atomic E-state index is -4.82. The largest absolute Gasteiger partial charge is 0.419 e. The Morgan fingerprint density at radius 1 is 1.22 bits per heavy atom. The second kappa shape index (κ2) is 8.14. The first-order valence-electron chi connectivity index (χ1n) is 9.40. The normalized spacial score (nSPS) is 17.0. The van der Waals surface area contributed by atoms with Crippen LogP contribution >= 0.6 is 0 Å². The second-order valence-electron chi connectivity index (χ2n) is 7.49. The van der Waals surface area contributed by atoms with Gasteiger partial charge >= 0.3 is 12.4 Å². The SMILES string of the molecule is Cc1[nH]c(C2CC(c3ccc(C(F)(F)F)c(F)c3)=NN2C)c(C)c1C(=O)NCC(F)(F)F. The molecule has 3 rings (SSSR count). The molecule has 174 valence electrons. The van der Waals surface area contributed by atoms with Gasteiger partial charge in [-0.3, -0.25) is 9.80 Å². The Balaban J connectivity index is 1.83. The molecule has 5 nitrogen and oxygen atoms in total. The highest BCUT2D eigenvalue weighted by molar-refractivity contribution is 6.02. The molecule has 0 aliphatic carbocycles. The molecule has 32 heavy (non-hydrogen) atoms. The van der Waals surface area contributed by atoms with Crippen molar-refractivity contribution in [1.82, 2.24) is 15.3 Å². The van der Waals surface area contributed by atoms with Crippen LogP contribution in [0.2, 0.25) is 0 Å². The molecule has 1 atom stereocenters. The summed E-state index contributed by atoms with van der Waals surface area (Å²) in [5.41, 5.74) is 0.512. The predicted molar refractivity (Wildman–Crippen MR) is 102 cm³/mol. The summed E-state index contributed by atoms with van der Waals surface area (Å²) in [6.45, 7) is 1.65. The van der Waals surface area contributed by atoms with Gasteiger partial charge in [-0.25, -0.2) is 4.39 Å². The number of nitrogens with one attached hydrogen (secondary N) is 2. The van der Waals surface area contributed by atoms with E-state index in [4.69, 9.17) is 0 Å². The first-order chi connectivity index (χ1) is 14.7. The number of amides is 1. The maximum Gasteiger partial charge on any atom is 0.419 e. The van der Waals surface area contributed by atoms with Crippen molar-refractivity contribution in [2.24, 2.45) is 5.10 Å². The fraction of sp³-hybridized carbons (Fsp3) is 0.400. The van der Waals surface area contributed by atoms with Gasteiger partial charge in [0.05, 0.1) is 22.9 Å². The van der Waals surface area contributed by atoms with Gasteiger partial charge < -0.3 is 10.3 Å². The quantitative estimate of drug-likeness (QED) is 0.635. The fourth-order valence-corrected chi connectivity index (χ4v) is 3.72. The number of carbonyl (C=O) groups excluding carboxylic acids is 1. The van der Waals surface area contributed by atoms with Crippen molar-refractivity contribution in [2.45, 2.75) is 38.7 Å². The Hall–Kier alpha value is -3.05. The molecule has 0 spiro atoms. The number of alkyl halides is 6. The van der Waals surface area contributed by atoms with Gasteiger partial charge in [0.25, 0.3) is 5.91 Å². The minimum Gasteiger partial charge on any atom is -0.360 e. The first kappa shape index (κ1) is 23.6. The highest BCUT2D eigenvalue weighted by atomic mass is 19.4.